The lowest BCUT2D eigenvalue weighted by atomic mass is 10.0. The van der Waals surface area contributed by atoms with Crippen molar-refractivity contribution in [2.24, 2.45) is 0 Å². The Kier molecular flexibility index (Phi) is 5.61. The molecule has 5 nitrogen and oxygen atoms in total. The summed E-state index contributed by atoms with van der Waals surface area (Å²) in [5.74, 6) is 2.13. The van der Waals surface area contributed by atoms with Crippen molar-refractivity contribution in [1.29, 1.82) is 0 Å². The average molecular weight is 416 g/mol. The van der Waals surface area contributed by atoms with E-state index in [4.69, 9.17) is 9.47 Å². The van der Waals surface area contributed by atoms with Crippen molar-refractivity contribution in [1.82, 2.24) is 9.97 Å². The number of fused-ring (bicyclic) bond motifs is 1. The van der Waals surface area contributed by atoms with E-state index in [1.807, 2.05) is 44.1 Å². The van der Waals surface area contributed by atoms with Gasteiger partial charge in [-0.25, -0.2) is 4.98 Å². The third-order valence-electron chi connectivity index (χ3n) is 4.00. The molecule has 0 N–H and O–H groups in total. The number of benzene rings is 1. The Bertz CT molecular complexity index is 928. The van der Waals surface area contributed by atoms with Gasteiger partial charge in [-0.3, -0.25) is 0 Å². The lowest BCUT2D eigenvalue weighted by Crippen LogP contribution is -2.12. The predicted molar refractivity (Wildman–Crippen MR) is 109 cm³/mol. The number of methoxy groups -OCH3 is 1. The first-order chi connectivity index (χ1) is 12.5. The highest BCUT2D eigenvalue weighted by Crippen LogP contribution is 2.28. The molecule has 0 aliphatic rings. The van der Waals surface area contributed by atoms with Gasteiger partial charge in [0.25, 0.3) is 0 Å². The maximum atomic E-state index is 5.63. The highest BCUT2D eigenvalue weighted by molar-refractivity contribution is 9.10. The number of pyridine rings is 2. The Morgan fingerprint density at radius 1 is 1.08 bits per heavy atom. The Morgan fingerprint density at radius 3 is 2.58 bits per heavy atom. The van der Waals surface area contributed by atoms with Crippen LogP contribution in [0.2, 0.25) is 0 Å². The first-order valence-corrected chi connectivity index (χ1v) is 9.23. The van der Waals surface area contributed by atoms with Gasteiger partial charge in [0.15, 0.2) is 0 Å². The molecule has 0 radical (unpaired) electrons. The van der Waals surface area contributed by atoms with E-state index in [9.17, 15) is 0 Å². The summed E-state index contributed by atoms with van der Waals surface area (Å²) in [6, 6.07) is 12.2. The van der Waals surface area contributed by atoms with Crippen LogP contribution in [0, 0.1) is 0 Å². The fraction of sp³-hybridized carbons (Fsp3) is 0.300. The second kappa shape index (κ2) is 7.91. The second-order valence-corrected chi connectivity index (χ2v) is 7.09. The van der Waals surface area contributed by atoms with Crippen molar-refractivity contribution in [3.8, 4) is 11.8 Å². The number of ether oxygens (including phenoxy) is 2. The van der Waals surface area contributed by atoms with E-state index < -0.39 is 0 Å². The number of aromatic nitrogens is 2. The Morgan fingerprint density at radius 2 is 1.88 bits per heavy atom. The molecule has 0 saturated heterocycles. The van der Waals surface area contributed by atoms with Crippen LogP contribution < -0.4 is 14.4 Å². The van der Waals surface area contributed by atoms with Crippen LogP contribution >= 0.6 is 15.9 Å². The fourth-order valence-corrected chi connectivity index (χ4v) is 3.17. The first-order valence-electron chi connectivity index (χ1n) is 8.44. The second-order valence-electron chi connectivity index (χ2n) is 6.17. The van der Waals surface area contributed by atoms with E-state index in [0.717, 1.165) is 32.3 Å². The normalized spacial score (nSPS) is 10.8. The molecule has 0 aliphatic heterocycles. The van der Waals surface area contributed by atoms with Crippen molar-refractivity contribution >= 4 is 32.7 Å². The Hall–Kier alpha value is -2.34. The van der Waals surface area contributed by atoms with Crippen LogP contribution in [0.1, 0.15) is 18.1 Å². The van der Waals surface area contributed by atoms with Crippen LogP contribution in [-0.2, 0) is 6.42 Å². The molecule has 0 bridgehead atoms. The molecule has 136 valence electrons. The molecule has 26 heavy (non-hydrogen) atoms. The zero-order valence-corrected chi connectivity index (χ0v) is 17.0. The van der Waals surface area contributed by atoms with Gasteiger partial charge in [-0.05, 0) is 42.8 Å². The largest absolute Gasteiger partial charge is 0.481 e. The summed E-state index contributed by atoms with van der Waals surface area (Å²) < 4.78 is 12.2. The molecule has 0 fully saturated rings. The minimum absolute atomic E-state index is 0.582. The van der Waals surface area contributed by atoms with E-state index in [1.165, 1.54) is 0 Å². The van der Waals surface area contributed by atoms with E-state index in [-0.39, 0.29) is 0 Å². The minimum atomic E-state index is 0.582. The minimum Gasteiger partial charge on any atom is -0.481 e. The lowest BCUT2D eigenvalue weighted by molar-refractivity contribution is 0.326. The summed E-state index contributed by atoms with van der Waals surface area (Å²) in [6.45, 7) is 2.54. The van der Waals surface area contributed by atoms with Crippen molar-refractivity contribution in [2.45, 2.75) is 13.3 Å². The van der Waals surface area contributed by atoms with Crippen molar-refractivity contribution < 1.29 is 9.47 Å². The topological polar surface area (TPSA) is 47.5 Å². The predicted octanol–water partition coefficient (Wildman–Crippen LogP) is 4.46. The number of anilines is 1. The molecular formula is C20H22BrN3O2. The Labute approximate surface area is 162 Å². The van der Waals surface area contributed by atoms with Crippen LogP contribution in [0.3, 0.4) is 0 Å². The molecule has 0 aliphatic carbocycles. The van der Waals surface area contributed by atoms with Gasteiger partial charge in [-0.2, -0.15) is 4.98 Å². The molecule has 0 saturated carbocycles. The zero-order valence-electron chi connectivity index (χ0n) is 15.4. The molecule has 3 rings (SSSR count). The molecule has 3 aromatic rings. The average Bonchev–Trinajstić information content (AvgIpc) is 2.61. The van der Waals surface area contributed by atoms with Crippen LogP contribution in [0.25, 0.3) is 10.9 Å². The standard InChI is InChI=1S/C20H22BrN3O2/c1-5-26-19-10-13(9-18(23-19)24(2)3)8-15-11-14-12-16(21)6-7-17(14)22-20(15)25-4/h6-7,9-12H,5,8H2,1-4H3. The third-order valence-corrected chi connectivity index (χ3v) is 4.50. The van der Waals surface area contributed by atoms with Crippen LogP contribution in [0.15, 0.2) is 40.9 Å². The first kappa shape index (κ1) is 18.5. The summed E-state index contributed by atoms with van der Waals surface area (Å²) in [5, 5.41) is 1.07. The van der Waals surface area contributed by atoms with E-state index in [2.05, 4.69) is 44.1 Å². The van der Waals surface area contributed by atoms with Crippen LogP contribution in [0.5, 0.6) is 11.8 Å². The van der Waals surface area contributed by atoms with Gasteiger partial charge >= 0.3 is 0 Å². The molecule has 0 spiro atoms. The summed E-state index contributed by atoms with van der Waals surface area (Å²) >= 11 is 3.52. The summed E-state index contributed by atoms with van der Waals surface area (Å²) in [7, 11) is 5.59. The number of nitrogens with zero attached hydrogens (tertiary/aromatic N) is 3. The van der Waals surface area contributed by atoms with Crippen molar-refractivity contribution in [3.05, 3.63) is 52.0 Å². The van der Waals surface area contributed by atoms with Gasteiger partial charge in [0.1, 0.15) is 5.82 Å². The van der Waals surface area contributed by atoms with Crippen molar-refractivity contribution in [3.63, 3.8) is 0 Å². The van der Waals surface area contributed by atoms with Crippen LogP contribution in [0.4, 0.5) is 5.82 Å². The molecule has 6 heteroatoms. The molecule has 1 aromatic carbocycles. The highest BCUT2D eigenvalue weighted by atomic mass is 79.9. The number of halogens is 1. The van der Waals surface area contributed by atoms with Gasteiger partial charge in [0.2, 0.25) is 11.8 Å². The molecule has 2 heterocycles. The fourth-order valence-electron chi connectivity index (χ4n) is 2.79. The Balaban J connectivity index is 2.04. The maximum Gasteiger partial charge on any atom is 0.217 e. The lowest BCUT2D eigenvalue weighted by Gasteiger charge is -2.16. The zero-order chi connectivity index (χ0) is 18.7. The van der Waals surface area contributed by atoms with Gasteiger partial charge in [0, 0.05) is 42.0 Å². The molecule has 0 unspecified atom stereocenters. The van der Waals surface area contributed by atoms with Crippen molar-refractivity contribution in [2.75, 3.05) is 32.7 Å². The number of rotatable bonds is 6. The molecule has 2 aromatic heterocycles. The third kappa shape index (κ3) is 4.07. The molecule has 0 atom stereocenters. The smallest absolute Gasteiger partial charge is 0.217 e. The monoisotopic (exact) mass is 415 g/mol. The number of hydrogen-bond acceptors (Lipinski definition) is 5. The quantitative estimate of drug-likeness (QED) is 0.594. The van der Waals surface area contributed by atoms with Gasteiger partial charge in [-0.1, -0.05) is 15.9 Å². The van der Waals surface area contributed by atoms with Crippen LogP contribution in [-0.4, -0.2) is 37.8 Å². The maximum absolute atomic E-state index is 5.63. The number of hydrogen-bond donors (Lipinski definition) is 0. The van der Waals surface area contributed by atoms with Gasteiger partial charge in [0.05, 0.1) is 19.2 Å². The molecule has 0 amide bonds. The van der Waals surface area contributed by atoms with E-state index in [0.29, 0.717) is 24.8 Å². The SMILES string of the molecule is CCOc1cc(Cc2cc3cc(Br)ccc3nc2OC)cc(N(C)C)n1. The van der Waals surface area contributed by atoms with E-state index >= 15 is 0 Å². The van der Waals surface area contributed by atoms with Gasteiger partial charge < -0.3 is 14.4 Å². The summed E-state index contributed by atoms with van der Waals surface area (Å²) in [4.78, 5) is 11.1. The van der Waals surface area contributed by atoms with E-state index in [1.54, 1.807) is 7.11 Å². The molecular weight excluding hydrogens is 394 g/mol. The summed E-state index contributed by atoms with van der Waals surface area (Å²) in [6.07, 6.45) is 0.683. The van der Waals surface area contributed by atoms with Gasteiger partial charge in [-0.15, -0.1) is 0 Å². The highest BCUT2D eigenvalue weighted by Gasteiger charge is 2.12. The summed E-state index contributed by atoms with van der Waals surface area (Å²) in [5.41, 5.74) is 3.03.